The summed E-state index contributed by atoms with van der Waals surface area (Å²) in [7, 11) is 4.43. The number of benzene rings is 1. The molecule has 1 aromatic carbocycles. The van der Waals surface area contributed by atoms with Crippen LogP contribution in [0.4, 0.5) is 5.69 Å². The van der Waals surface area contributed by atoms with Gasteiger partial charge in [-0.3, -0.25) is 0 Å². The molecule has 3 heteroatoms. The van der Waals surface area contributed by atoms with E-state index in [2.05, 4.69) is 49.0 Å². The average molecular weight is 247 g/mol. The lowest BCUT2D eigenvalue weighted by Crippen LogP contribution is -2.42. The number of hydrogen-bond donors (Lipinski definition) is 1. The van der Waals surface area contributed by atoms with E-state index in [1.807, 2.05) is 0 Å². The minimum atomic E-state index is 0.624. The molecule has 100 valence electrons. The third kappa shape index (κ3) is 2.85. The van der Waals surface area contributed by atoms with E-state index in [-0.39, 0.29) is 0 Å². The minimum absolute atomic E-state index is 0.624. The van der Waals surface area contributed by atoms with Gasteiger partial charge < -0.3 is 15.5 Å². The summed E-state index contributed by atoms with van der Waals surface area (Å²) in [5.74, 6) is 0. The van der Waals surface area contributed by atoms with Gasteiger partial charge in [-0.1, -0.05) is 12.1 Å². The van der Waals surface area contributed by atoms with Crippen molar-refractivity contribution >= 4 is 5.69 Å². The fourth-order valence-corrected chi connectivity index (χ4v) is 2.82. The van der Waals surface area contributed by atoms with Gasteiger partial charge in [0.1, 0.15) is 0 Å². The maximum absolute atomic E-state index is 5.68. The Labute approximate surface area is 111 Å². The number of likely N-dealkylation sites (tertiary alicyclic amines) is 1. The van der Waals surface area contributed by atoms with Gasteiger partial charge in [0.05, 0.1) is 0 Å². The molecule has 2 rings (SSSR count). The molecule has 0 bridgehead atoms. The Morgan fingerprint density at radius 3 is 2.56 bits per heavy atom. The molecule has 0 saturated carbocycles. The smallest absolute Gasteiger partial charge is 0.0396 e. The van der Waals surface area contributed by atoms with E-state index in [0.29, 0.717) is 12.6 Å². The molecule has 18 heavy (non-hydrogen) atoms. The topological polar surface area (TPSA) is 32.5 Å². The van der Waals surface area contributed by atoms with Crippen molar-refractivity contribution in [2.75, 3.05) is 32.1 Å². The van der Waals surface area contributed by atoms with E-state index in [4.69, 9.17) is 5.73 Å². The average Bonchev–Trinajstić information content (AvgIpc) is 2.38. The van der Waals surface area contributed by atoms with Crippen LogP contribution in [0.25, 0.3) is 0 Å². The van der Waals surface area contributed by atoms with Crippen LogP contribution in [0, 0.1) is 6.92 Å². The summed E-state index contributed by atoms with van der Waals surface area (Å²) in [6.45, 7) is 5.21. The van der Waals surface area contributed by atoms with Crippen LogP contribution in [0.15, 0.2) is 18.2 Å². The summed E-state index contributed by atoms with van der Waals surface area (Å²) in [4.78, 5) is 4.86. The Kier molecular flexibility index (Phi) is 4.25. The number of rotatable bonds is 3. The molecule has 0 atom stereocenters. The summed E-state index contributed by atoms with van der Waals surface area (Å²) in [5, 5.41) is 0. The van der Waals surface area contributed by atoms with E-state index in [0.717, 1.165) is 0 Å². The second-order valence-electron chi connectivity index (χ2n) is 5.47. The summed E-state index contributed by atoms with van der Waals surface area (Å²) in [6.07, 6.45) is 2.51. The van der Waals surface area contributed by atoms with Crippen molar-refractivity contribution in [3.63, 3.8) is 0 Å². The Morgan fingerprint density at radius 2 is 2.00 bits per heavy atom. The third-order valence-corrected chi connectivity index (χ3v) is 4.11. The Bertz CT molecular complexity index is 395. The van der Waals surface area contributed by atoms with Crippen LogP contribution in [-0.4, -0.2) is 38.1 Å². The molecule has 1 heterocycles. The summed E-state index contributed by atoms with van der Waals surface area (Å²) >= 11 is 0. The maximum Gasteiger partial charge on any atom is 0.0396 e. The first-order valence-electron chi connectivity index (χ1n) is 6.83. The normalized spacial score (nSPS) is 18.0. The van der Waals surface area contributed by atoms with Crippen molar-refractivity contribution in [1.29, 1.82) is 0 Å². The first-order valence-corrected chi connectivity index (χ1v) is 6.83. The molecule has 1 aliphatic rings. The van der Waals surface area contributed by atoms with Crippen LogP contribution >= 0.6 is 0 Å². The van der Waals surface area contributed by atoms with Gasteiger partial charge in [-0.05, 0) is 57.1 Å². The SMILES string of the molecule is Cc1cc(CN)ccc1N(C)C1CCN(C)CC1. The largest absolute Gasteiger partial charge is 0.371 e. The van der Waals surface area contributed by atoms with E-state index >= 15 is 0 Å². The molecule has 0 radical (unpaired) electrons. The Balaban J connectivity index is 2.11. The molecule has 0 unspecified atom stereocenters. The van der Waals surface area contributed by atoms with Crippen molar-refractivity contribution in [2.24, 2.45) is 5.73 Å². The lowest BCUT2D eigenvalue weighted by atomic mass is 10.0. The highest BCUT2D eigenvalue weighted by molar-refractivity contribution is 5.54. The van der Waals surface area contributed by atoms with Gasteiger partial charge in [0, 0.05) is 25.3 Å². The van der Waals surface area contributed by atoms with Gasteiger partial charge in [0.25, 0.3) is 0 Å². The lowest BCUT2D eigenvalue weighted by Gasteiger charge is -2.37. The second-order valence-corrected chi connectivity index (χ2v) is 5.47. The number of anilines is 1. The van der Waals surface area contributed by atoms with Crippen LogP contribution in [-0.2, 0) is 6.54 Å². The molecule has 1 aromatic rings. The Morgan fingerprint density at radius 1 is 1.33 bits per heavy atom. The zero-order valence-electron chi connectivity index (χ0n) is 11.8. The monoisotopic (exact) mass is 247 g/mol. The van der Waals surface area contributed by atoms with E-state index < -0.39 is 0 Å². The fourth-order valence-electron chi connectivity index (χ4n) is 2.82. The van der Waals surface area contributed by atoms with Gasteiger partial charge in [0.15, 0.2) is 0 Å². The van der Waals surface area contributed by atoms with E-state index in [1.165, 1.54) is 42.7 Å². The quantitative estimate of drug-likeness (QED) is 0.886. The number of hydrogen-bond acceptors (Lipinski definition) is 3. The predicted octanol–water partition coefficient (Wildman–Crippen LogP) is 1.98. The van der Waals surface area contributed by atoms with Crippen LogP contribution in [0.1, 0.15) is 24.0 Å². The molecule has 0 aliphatic carbocycles. The molecule has 2 N–H and O–H groups in total. The molecule has 0 amide bonds. The minimum Gasteiger partial charge on any atom is -0.371 e. The number of aryl methyl sites for hydroxylation is 1. The van der Waals surface area contributed by atoms with Gasteiger partial charge in [-0.15, -0.1) is 0 Å². The maximum atomic E-state index is 5.68. The molecule has 1 saturated heterocycles. The molecular formula is C15H25N3. The number of nitrogens with two attached hydrogens (primary N) is 1. The fraction of sp³-hybridized carbons (Fsp3) is 0.600. The van der Waals surface area contributed by atoms with E-state index in [1.54, 1.807) is 0 Å². The van der Waals surface area contributed by atoms with Crippen molar-refractivity contribution < 1.29 is 0 Å². The summed E-state index contributed by atoms with van der Waals surface area (Å²) in [6, 6.07) is 7.24. The molecule has 0 spiro atoms. The summed E-state index contributed by atoms with van der Waals surface area (Å²) < 4.78 is 0. The molecule has 0 aromatic heterocycles. The standard InChI is InChI=1S/C15H25N3/c1-12-10-13(11-16)4-5-15(12)18(3)14-6-8-17(2)9-7-14/h4-5,10,14H,6-9,11,16H2,1-3H3. The van der Waals surface area contributed by atoms with Gasteiger partial charge >= 0.3 is 0 Å². The van der Waals surface area contributed by atoms with Crippen molar-refractivity contribution in [2.45, 2.75) is 32.4 Å². The van der Waals surface area contributed by atoms with Crippen LogP contribution in [0.5, 0.6) is 0 Å². The second kappa shape index (κ2) is 5.72. The van der Waals surface area contributed by atoms with Gasteiger partial charge in [0.2, 0.25) is 0 Å². The van der Waals surface area contributed by atoms with Crippen LogP contribution < -0.4 is 10.6 Å². The highest BCUT2D eigenvalue weighted by Gasteiger charge is 2.21. The first-order chi connectivity index (χ1) is 8.61. The first kappa shape index (κ1) is 13.4. The lowest BCUT2D eigenvalue weighted by molar-refractivity contribution is 0.253. The predicted molar refractivity (Wildman–Crippen MR) is 78.0 cm³/mol. The number of nitrogens with zero attached hydrogens (tertiary/aromatic N) is 2. The Hall–Kier alpha value is -1.06. The van der Waals surface area contributed by atoms with Crippen molar-refractivity contribution in [3.8, 4) is 0 Å². The molecule has 3 nitrogen and oxygen atoms in total. The molecule has 1 aliphatic heterocycles. The van der Waals surface area contributed by atoms with Crippen LogP contribution in [0.3, 0.4) is 0 Å². The van der Waals surface area contributed by atoms with Gasteiger partial charge in [-0.25, -0.2) is 0 Å². The zero-order chi connectivity index (χ0) is 13.1. The van der Waals surface area contributed by atoms with Crippen LogP contribution in [0.2, 0.25) is 0 Å². The van der Waals surface area contributed by atoms with Crippen molar-refractivity contribution in [1.82, 2.24) is 4.90 Å². The molecule has 1 fully saturated rings. The van der Waals surface area contributed by atoms with Crippen molar-refractivity contribution in [3.05, 3.63) is 29.3 Å². The van der Waals surface area contributed by atoms with E-state index in [9.17, 15) is 0 Å². The molecular weight excluding hydrogens is 222 g/mol. The van der Waals surface area contributed by atoms with Gasteiger partial charge in [-0.2, -0.15) is 0 Å². The summed E-state index contributed by atoms with van der Waals surface area (Å²) in [5.41, 5.74) is 9.58. The highest BCUT2D eigenvalue weighted by Crippen LogP contribution is 2.25. The number of piperidine rings is 1. The highest BCUT2D eigenvalue weighted by atomic mass is 15.2. The third-order valence-electron chi connectivity index (χ3n) is 4.11. The zero-order valence-corrected chi connectivity index (χ0v) is 11.8.